The molecular weight excluding hydrogens is 495 g/mol. The number of pyridine rings is 2. The topological polar surface area (TPSA) is 143 Å². The van der Waals surface area contributed by atoms with Crippen molar-refractivity contribution in [3.63, 3.8) is 0 Å². The highest BCUT2D eigenvalue weighted by molar-refractivity contribution is 7.90. The first kappa shape index (κ1) is 22.9. The average Bonchev–Trinajstić information content (AvgIpc) is 3.51. The summed E-state index contributed by atoms with van der Waals surface area (Å²) in [7, 11) is -3.18. The molecule has 0 atom stereocenters. The van der Waals surface area contributed by atoms with Crippen molar-refractivity contribution in [2.75, 3.05) is 12.0 Å². The quantitative estimate of drug-likeness (QED) is 0.342. The zero-order valence-corrected chi connectivity index (χ0v) is 20.3. The number of aryl methyl sites for hydroxylation is 1. The van der Waals surface area contributed by atoms with E-state index >= 15 is 0 Å². The Morgan fingerprint density at radius 2 is 1.84 bits per heavy atom. The van der Waals surface area contributed by atoms with Crippen molar-refractivity contribution < 1.29 is 12.8 Å². The third-order valence-electron chi connectivity index (χ3n) is 5.91. The molecule has 5 aromatic heterocycles. The van der Waals surface area contributed by atoms with E-state index < -0.39 is 15.7 Å². The molecule has 184 valence electrons. The lowest BCUT2D eigenvalue weighted by atomic mass is 10.0. The maximum absolute atomic E-state index is 14.5. The largest absolute Gasteiger partial charge is 0.335 e. The molecular formula is C25H19FN8O2S. The molecule has 0 unspecified atom stereocenters. The molecule has 0 radical (unpaired) electrons. The zero-order chi connectivity index (χ0) is 25.6. The highest BCUT2D eigenvalue weighted by atomic mass is 32.2. The van der Waals surface area contributed by atoms with E-state index in [2.05, 4.69) is 35.1 Å². The number of aromatic amines is 2. The Labute approximate surface area is 210 Å². The summed E-state index contributed by atoms with van der Waals surface area (Å²) >= 11 is 0. The van der Waals surface area contributed by atoms with Crippen LogP contribution in [0.3, 0.4) is 0 Å². The predicted octanol–water partition coefficient (Wildman–Crippen LogP) is 3.75. The Morgan fingerprint density at radius 1 is 1.00 bits per heavy atom. The van der Waals surface area contributed by atoms with Crippen molar-refractivity contribution in [2.45, 2.75) is 6.42 Å². The molecule has 0 aliphatic heterocycles. The van der Waals surface area contributed by atoms with E-state index in [9.17, 15) is 12.8 Å². The molecule has 0 spiro atoms. The monoisotopic (exact) mass is 514 g/mol. The third kappa shape index (κ3) is 4.54. The summed E-state index contributed by atoms with van der Waals surface area (Å²) in [5, 5.41) is 7.39. The number of imidazole rings is 1. The van der Waals surface area contributed by atoms with Gasteiger partial charge in [-0.15, -0.1) is 0 Å². The van der Waals surface area contributed by atoms with Crippen LogP contribution in [0.25, 0.3) is 56.1 Å². The van der Waals surface area contributed by atoms with Crippen LogP contribution in [0.1, 0.15) is 5.56 Å². The molecule has 5 heterocycles. The molecule has 0 saturated carbocycles. The first-order valence-corrected chi connectivity index (χ1v) is 13.3. The van der Waals surface area contributed by atoms with Gasteiger partial charge in [-0.05, 0) is 47.9 Å². The summed E-state index contributed by atoms with van der Waals surface area (Å²) in [5.41, 5.74) is 6.17. The minimum Gasteiger partial charge on any atom is -0.335 e. The molecule has 6 aromatic rings. The van der Waals surface area contributed by atoms with Crippen LogP contribution >= 0.6 is 0 Å². The predicted molar refractivity (Wildman–Crippen MR) is 137 cm³/mol. The lowest BCUT2D eigenvalue weighted by Gasteiger charge is -2.07. The van der Waals surface area contributed by atoms with Gasteiger partial charge in [-0.3, -0.25) is 5.10 Å². The number of halogens is 1. The number of H-pyrrole nitrogens is 2. The number of nitrogens with one attached hydrogen (secondary N) is 2. The fraction of sp³-hybridized carbons (Fsp3) is 0.120. The van der Waals surface area contributed by atoms with Crippen LogP contribution in [0, 0.1) is 5.82 Å². The molecule has 6 rings (SSSR count). The van der Waals surface area contributed by atoms with E-state index in [0.29, 0.717) is 50.6 Å². The zero-order valence-electron chi connectivity index (χ0n) is 19.5. The summed E-state index contributed by atoms with van der Waals surface area (Å²) < 4.78 is 37.7. The van der Waals surface area contributed by atoms with Gasteiger partial charge in [0.05, 0.1) is 22.5 Å². The number of hydrogen-bond donors (Lipinski definition) is 2. The smallest absolute Gasteiger partial charge is 0.178 e. The molecule has 37 heavy (non-hydrogen) atoms. The average molecular weight is 515 g/mol. The molecule has 0 fully saturated rings. The van der Waals surface area contributed by atoms with Gasteiger partial charge >= 0.3 is 0 Å². The first-order valence-electron chi connectivity index (χ1n) is 11.3. The van der Waals surface area contributed by atoms with E-state index in [0.717, 1.165) is 17.3 Å². The minimum atomic E-state index is -3.18. The number of benzene rings is 1. The van der Waals surface area contributed by atoms with Gasteiger partial charge in [0.2, 0.25) is 0 Å². The number of nitrogens with zero attached hydrogens (tertiary/aromatic N) is 6. The summed E-state index contributed by atoms with van der Waals surface area (Å²) in [4.78, 5) is 25.1. The maximum atomic E-state index is 14.5. The molecule has 0 aliphatic carbocycles. The normalized spacial score (nSPS) is 11.9. The molecule has 0 bridgehead atoms. The number of rotatable bonds is 6. The second-order valence-corrected chi connectivity index (χ2v) is 10.9. The second-order valence-electron chi connectivity index (χ2n) is 8.66. The summed E-state index contributed by atoms with van der Waals surface area (Å²) in [6, 6.07) is 10.0. The van der Waals surface area contributed by atoms with Crippen molar-refractivity contribution in [1.82, 2.24) is 40.1 Å². The third-order valence-corrected chi connectivity index (χ3v) is 6.86. The van der Waals surface area contributed by atoms with Gasteiger partial charge in [-0.1, -0.05) is 6.07 Å². The van der Waals surface area contributed by atoms with Gasteiger partial charge < -0.3 is 4.98 Å². The first-order chi connectivity index (χ1) is 17.8. The van der Waals surface area contributed by atoms with E-state index in [1.54, 1.807) is 30.7 Å². The minimum absolute atomic E-state index is 0.0633. The Hall–Kier alpha value is -4.58. The number of aromatic nitrogens is 8. The van der Waals surface area contributed by atoms with E-state index in [1.165, 1.54) is 18.5 Å². The van der Waals surface area contributed by atoms with Crippen molar-refractivity contribution in [1.29, 1.82) is 0 Å². The van der Waals surface area contributed by atoms with Crippen LogP contribution in [0.5, 0.6) is 0 Å². The van der Waals surface area contributed by atoms with E-state index in [1.807, 2.05) is 12.1 Å². The van der Waals surface area contributed by atoms with Crippen LogP contribution in [0.4, 0.5) is 4.39 Å². The van der Waals surface area contributed by atoms with Gasteiger partial charge in [-0.2, -0.15) is 5.10 Å². The van der Waals surface area contributed by atoms with Gasteiger partial charge in [0, 0.05) is 36.0 Å². The number of sulfone groups is 1. The summed E-state index contributed by atoms with van der Waals surface area (Å²) in [6.07, 6.45) is 7.79. The molecule has 0 amide bonds. The summed E-state index contributed by atoms with van der Waals surface area (Å²) in [6.45, 7) is 0. The molecule has 0 saturated heterocycles. The van der Waals surface area contributed by atoms with Crippen molar-refractivity contribution in [2.24, 2.45) is 0 Å². The standard InChI is InChI=1S/C25H19FN8O2S/c1-37(35,36)7-5-14-8-15(10-17(26)9-14)18-4-6-29-24-21(18)31-25(32-24)23-22-20(33-34-23)3-2-19(30-22)16-11-27-13-28-12-16/h2-4,6,8-13H,5,7H2,1H3,(H,33,34)(H,29,31,32). The van der Waals surface area contributed by atoms with Crippen LogP contribution in [0.2, 0.25) is 0 Å². The van der Waals surface area contributed by atoms with Crippen molar-refractivity contribution in [3.8, 4) is 33.9 Å². The second kappa shape index (κ2) is 8.82. The maximum Gasteiger partial charge on any atom is 0.178 e. The van der Waals surface area contributed by atoms with Crippen LogP contribution in [0.15, 0.2) is 61.3 Å². The van der Waals surface area contributed by atoms with Crippen LogP contribution < -0.4 is 0 Å². The van der Waals surface area contributed by atoms with Crippen molar-refractivity contribution in [3.05, 3.63) is 72.7 Å². The van der Waals surface area contributed by atoms with E-state index in [-0.39, 0.29) is 12.2 Å². The van der Waals surface area contributed by atoms with Gasteiger partial charge in [0.25, 0.3) is 0 Å². The fourth-order valence-corrected chi connectivity index (χ4v) is 4.78. The molecule has 0 aliphatic rings. The number of hydrogen-bond acceptors (Lipinski definition) is 8. The highest BCUT2D eigenvalue weighted by Gasteiger charge is 2.18. The number of fused-ring (bicyclic) bond motifs is 2. The molecule has 1 aromatic carbocycles. The van der Waals surface area contributed by atoms with E-state index in [4.69, 9.17) is 4.98 Å². The fourth-order valence-electron chi connectivity index (χ4n) is 4.17. The lowest BCUT2D eigenvalue weighted by Crippen LogP contribution is -2.06. The Kier molecular flexibility index (Phi) is 5.45. The van der Waals surface area contributed by atoms with Crippen molar-refractivity contribution >= 4 is 32.0 Å². The van der Waals surface area contributed by atoms with Gasteiger partial charge in [0.1, 0.15) is 27.5 Å². The van der Waals surface area contributed by atoms with Crippen LogP contribution in [-0.2, 0) is 16.3 Å². The Morgan fingerprint density at radius 3 is 2.65 bits per heavy atom. The highest BCUT2D eigenvalue weighted by Crippen LogP contribution is 2.31. The molecule has 10 nitrogen and oxygen atoms in total. The summed E-state index contributed by atoms with van der Waals surface area (Å²) in [5.74, 6) is -0.0684. The molecule has 2 N–H and O–H groups in total. The molecule has 12 heteroatoms. The lowest BCUT2D eigenvalue weighted by molar-refractivity contribution is 0.600. The van der Waals surface area contributed by atoms with Crippen LogP contribution in [-0.4, -0.2) is 60.5 Å². The van der Waals surface area contributed by atoms with Gasteiger partial charge in [-0.25, -0.2) is 37.7 Å². The van der Waals surface area contributed by atoms with Gasteiger partial charge in [0.15, 0.2) is 17.2 Å². The SMILES string of the molecule is CS(=O)(=O)CCc1cc(F)cc(-c2ccnc3nc(-c4n[nH]c5ccc(-c6cncnc6)nc45)[nH]c23)c1. The Bertz CT molecular complexity index is 1880. The Balaban J connectivity index is 1.44.